The fourth-order valence-electron chi connectivity index (χ4n) is 2.58. The second kappa shape index (κ2) is 8.41. The van der Waals surface area contributed by atoms with Crippen LogP contribution in [0.15, 0.2) is 54.6 Å². The van der Waals surface area contributed by atoms with E-state index in [1.807, 2.05) is 42.5 Å². The first-order chi connectivity index (χ1) is 12.3. The predicted octanol–water partition coefficient (Wildman–Crippen LogP) is 2.88. The van der Waals surface area contributed by atoms with Crippen LogP contribution in [0.3, 0.4) is 0 Å². The van der Waals surface area contributed by atoms with Crippen molar-refractivity contribution in [2.24, 2.45) is 5.73 Å². The van der Waals surface area contributed by atoms with Crippen LogP contribution in [0.4, 0.5) is 0 Å². The molecule has 0 aliphatic heterocycles. The maximum absolute atomic E-state index is 12.3. The van der Waals surface area contributed by atoms with Crippen LogP contribution >= 0.6 is 0 Å². The maximum Gasteiger partial charge on any atom is 0.357 e. The number of hydrogen-bond acceptors (Lipinski definition) is 5. The number of hydroxylamine groups is 2. The number of aromatic nitrogens is 2. The first-order valence-corrected chi connectivity index (χ1v) is 8.42. The van der Waals surface area contributed by atoms with Gasteiger partial charge in [-0.05, 0) is 43.7 Å². The first kappa shape index (κ1) is 17.1. The van der Waals surface area contributed by atoms with E-state index in [-0.39, 0.29) is 5.97 Å². The van der Waals surface area contributed by atoms with Crippen molar-refractivity contribution in [1.29, 1.82) is 0 Å². The number of fused-ring (bicyclic) bond motifs is 1. The molecular weight excluding hydrogens is 316 g/mol. The zero-order chi connectivity index (χ0) is 17.5. The highest BCUT2D eigenvalue weighted by Gasteiger charge is 2.16. The van der Waals surface area contributed by atoms with E-state index in [1.54, 1.807) is 17.2 Å². The van der Waals surface area contributed by atoms with Gasteiger partial charge in [0.2, 0.25) is 0 Å². The molecule has 3 aromatic rings. The fraction of sp³-hybridized carbons (Fsp3) is 0.263. The minimum absolute atomic E-state index is 0.371. The van der Waals surface area contributed by atoms with Crippen molar-refractivity contribution in [2.75, 3.05) is 13.1 Å². The molecule has 0 atom stereocenters. The van der Waals surface area contributed by atoms with Crippen LogP contribution in [0.5, 0.6) is 0 Å². The van der Waals surface area contributed by atoms with Crippen molar-refractivity contribution in [3.05, 3.63) is 66.0 Å². The number of hydrogen-bond donors (Lipinski definition) is 2. The standard InChI is InChI=1S/C19H22N4O2/c20-12-6-7-13-23(25-19(24)15-8-2-1-3-9-15)14-18-21-16-10-4-5-11-17(16)22-18/h1-5,8-11H,6-7,12-14,20H2,(H,21,22). The number of H-pyrrole nitrogens is 1. The van der Waals surface area contributed by atoms with E-state index in [1.165, 1.54) is 0 Å². The molecule has 0 aliphatic carbocycles. The smallest absolute Gasteiger partial charge is 0.357 e. The molecule has 1 heterocycles. The summed E-state index contributed by atoms with van der Waals surface area (Å²) in [6, 6.07) is 16.8. The normalized spacial score (nSPS) is 11.1. The Labute approximate surface area is 146 Å². The zero-order valence-corrected chi connectivity index (χ0v) is 14.0. The summed E-state index contributed by atoms with van der Waals surface area (Å²) in [6.45, 7) is 1.62. The van der Waals surface area contributed by atoms with Gasteiger partial charge in [-0.3, -0.25) is 0 Å². The number of unbranched alkanes of at least 4 members (excludes halogenated alkanes) is 1. The number of carbonyl (C=O) groups excluding carboxylic acids is 1. The van der Waals surface area contributed by atoms with Gasteiger partial charge < -0.3 is 15.6 Å². The van der Waals surface area contributed by atoms with Crippen LogP contribution < -0.4 is 5.73 Å². The highest BCUT2D eigenvalue weighted by Crippen LogP contribution is 2.13. The summed E-state index contributed by atoms with van der Waals surface area (Å²) in [5, 5.41) is 1.64. The molecule has 25 heavy (non-hydrogen) atoms. The minimum atomic E-state index is -0.371. The minimum Gasteiger partial charge on any atom is -0.363 e. The summed E-state index contributed by atoms with van der Waals surface area (Å²) in [6.07, 6.45) is 1.72. The topological polar surface area (TPSA) is 84.2 Å². The lowest BCUT2D eigenvalue weighted by Gasteiger charge is -2.20. The van der Waals surface area contributed by atoms with Gasteiger partial charge in [0.15, 0.2) is 0 Å². The van der Waals surface area contributed by atoms with Crippen molar-refractivity contribution in [2.45, 2.75) is 19.4 Å². The lowest BCUT2D eigenvalue weighted by molar-refractivity contribution is -0.118. The summed E-state index contributed by atoms with van der Waals surface area (Å²) in [5.41, 5.74) is 7.95. The van der Waals surface area contributed by atoms with Gasteiger partial charge in [0.05, 0.1) is 23.1 Å². The molecule has 0 unspecified atom stereocenters. The van der Waals surface area contributed by atoms with E-state index in [9.17, 15) is 4.79 Å². The lowest BCUT2D eigenvalue weighted by Crippen LogP contribution is -2.29. The number of nitrogens with zero attached hydrogens (tertiary/aromatic N) is 2. The molecule has 0 amide bonds. The zero-order valence-electron chi connectivity index (χ0n) is 14.0. The Morgan fingerprint density at radius 1 is 1.08 bits per heavy atom. The molecule has 0 radical (unpaired) electrons. The number of nitrogens with two attached hydrogens (primary N) is 1. The lowest BCUT2D eigenvalue weighted by atomic mass is 10.2. The third kappa shape index (κ3) is 4.65. The molecule has 2 aromatic carbocycles. The van der Waals surface area contributed by atoms with Crippen LogP contribution in [-0.2, 0) is 11.4 Å². The van der Waals surface area contributed by atoms with Gasteiger partial charge in [-0.1, -0.05) is 30.3 Å². The average molecular weight is 338 g/mol. The number of carbonyl (C=O) groups is 1. The molecule has 130 valence electrons. The van der Waals surface area contributed by atoms with E-state index >= 15 is 0 Å². The maximum atomic E-state index is 12.3. The molecule has 0 bridgehead atoms. The van der Waals surface area contributed by atoms with Crippen LogP contribution in [0.25, 0.3) is 11.0 Å². The number of para-hydroxylation sites is 2. The summed E-state index contributed by atoms with van der Waals surface area (Å²) >= 11 is 0. The van der Waals surface area contributed by atoms with Gasteiger partial charge in [-0.25, -0.2) is 9.78 Å². The van der Waals surface area contributed by atoms with Crippen molar-refractivity contribution in [3.8, 4) is 0 Å². The molecular formula is C19H22N4O2. The van der Waals surface area contributed by atoms with Crippen molar-refractivity contribution in [1.82, 2.24) is 15.0 Å². The van der Waals surface area contributed by atoms with Gasteiger partial charge in [0.1, 0.15) is 5.82 Å². The number of nitrogens with one attached hydrogen (secondary N) is 1. The molecule has 0 saturated heterocycles. The highest BCUT2D eigenvalue weighted by atomic mass is 16.7. The molecule has 0 aliphatic rings. The van der Waals surface area contributed by atoms with Crippen LogP contribution in [0.2, 0.25) is 0 Å². The Bertz CT molecular complexity index is 783. The Balaban J connectivity index is 1.70. The molecule has 0 spiro atoms. The van der Waals surface area contributed by atoms with E-state index in [0.29, 0.717) is 25.2 Å². The van der Waals surface area contributed by atoms with Crippen LogP contribution in [0, 0.1) is 0 Å². The predicted molar refractivity (Wildman–Crippen MR) is 96.6 cm³/mol. The summed E-state index contributed by atoms with van der Waals surface area (Å²) in [5.74, 6) is 0.388. The molecule has 0 saturated carbocycles. The second-order valence-corrected chi connectivity index (χ2v) is 5.80. The third-order valence-electron chi connectivity index (χ3n) is 3.85. The van der Waals surface area contributed by atoms with Gasteiger partial charge >= 0.3 is 5.97 Å². The second-order valence-electron chi connectivity index (χ2n) is 5.80. The average Bonchev–Trinajstić information content (AvgIpc) is 3.05. The quantitative estimate of drug-likeness (QED) is 0.487. The summed E-state index contributed by atoms with van der Waals surface area (Å²) in [4.78, 5) is 25.7. The fourth-order valence-corrected chi connectivity index (χ4v) is 2.58. The van der Waals surface area contributed by atoms with Crippen LogP contribution in [0.1, 0.15) is 29.0 Å². The summed E-state index contributed by atoms with van der Waals surface area (Å²) < 4.78 is 0. The highest BCUT2D eigenvalue weighted by molar-refractivity contribution is 5.89. The van der Waals surface area contributed by atoms with Crippen molar-refractivity contribution in [3.63, 3.8) is 0 Å². The van der Waals surface area contributed by atoms with E-state index in [4.69, 9.17) is 10.6 Å². The van der Waals surface area contributed by atoms with E-state index in [0.717, 1.165) is 29.7 Å². The number of aromatic amines is 1. The molecule has 6 heteroatoms. The van der Waals surface area contributed by atoms with Crippen molar-refractivity contribution < 1.29 is 9.63 Å². The van der Waals surface area contributed by atoms with Gasteiger partial charge in [0, 0.05) is 6.54 Å². The van der Waals surface area contributed by atoms with E-state index < -0.39 is 0 Å². The molecule has 3 N–H and O–H groups in total. The van der Waals surface area contributed by atoms with E-state index in [2.05, 4.69) is 9.97 Å². The monoisotopic (exact) mass is 338 g/mol. The number of rotatable bonds is 8. The Hall–Kier alpha value is -2.70. The van der Waals surface area contributed by atoms with Gasteiger partial charge in [0.25, 0.3) is 0 Å². The largest absolute Gasteiger partial charge is 0.363 e. The van der Waals surface area contributed by atoms with Gasteiger partial charge in [-0.15, -0.1) is 5.06 Å². The van der Waals surface area contributed by atoms with Gasteiger partial charge in [-0.2, -0.15) is 0 Å². The molecule has 6 nitrogen and oxygen atoms in total. The molecule has 3 rings (SSSR count). The molecule has 1 aromatic heterocycles. The van der Waals surface area contributed by atoms with Crippen LogP contribution in [-0.4, -0.2) is 34.1 Å². The first-order valence-electron chi connectivity index (χ1n) is 8.42. The third-order valence-corrected chi connectivity index (χ3v) is 3.85. The number of benzene rings is 2. The Morgan fingerprint density at radius 2 is 1.84 bits per heavy atom. The van der Waals surface area contributed by atoms with Crippen molar-refractivity contribution >= 4 is 17.0 Å². The summed E-state index contributed by atoms with van der Waals surface area (Å²) in [7, 11) is 0. The molecule has 0 fully saturated rings. The number of imidazole rings is 1. The SMILES string of the molecule is NCCCCN(Cc1nc2ccccc2[nH]1)OC(=O)c1ccccc1. The Morgan fingerprint density at radius 3 is 2.60 bits per heavy atom. The Kier molecular flexibility index (Phi) is 5.77.